The van der Waals surface area contributed by atoms with Crippen LogP contribution in [-0.4, -0.2) is 19.2 Å². The number of sulfone groups is 1. The van der Waals surface area contributed by atoms with Crippen molar-refractivity contribution in [3.05, 3.63) is 40.8 Å². The van der Waals surface area contributed by atoms with Crippen molar-refractivity contribution in [2.45, 2.75) is 17.2 Å². The highest BCUT2D eigenvalue weighted by Gasteiger charge is 2.28. The van der Waals surface area contributed by atoms with Gasteiger partial charge in [0.05, 0.1) is 17.1 Å². The lowest BCUT2D eigenvalue weighted by atomic mass is 10.3. The molecule has 0 unspecified atom stereocenters. The summed E-state index contributed by atoms with van der Waals surface area (Å²) in [5.41, 5.74) is 0.151. The molecule has 8 heteroatoms. The second kappa shape index (κ2) is 5.62. The highest BCUT2D eigenvalue weighted by Crippen LogP contribution is 2.26. The standard InChI is InChI=1S/C11H10F2N2O2S2/c12-11(13)19(16,17)9-4-2-1-3-8(9)15-7-10-14-5-6-18-10/h1-6,11,15H,7H2. The highest BCUT2D eigenvalue weighted by atomic mass is 32.2. The zero-order valence-corrected chi connectivity index (χ0v) is 11.2. The second-order valence-electron chi connectivity index (χ2n) is 3.58. The monoisotopic (exact) mass is 304 g/mol. The maximum Gasteiger partial charge on any atom is 0.341 e. The van der Waals surface area contributed by atoms with E-state index in [9.17, 15) is 17.2 Å². The molecule has 0 spiro atoms. The van der Waals surface area contributed by atoms with Gasteiger partial charge in [-0.3, -0.25) is 0 Å². The summed E-state index contributed by atoms with van der Waals surface area (Å²) in [7, 11) is -4.61. The highest BCUT2D eigenvalue weighted by molar-refractivity contribution is 7.91. The van der Waals surface area contributed by atoms with Crippen LogP contribution in [0.2, 0.25) is 0 Å². The molecule has 0 radical (unpaired) electrons. The fourth-order valence-electron chi connectivity index (χ4n) is 1.47. The minimum Gasteiger partial charge on any atom is -0.377 e. The van der Waals surface area contributed by atoms with Gasteiger partial charge in [0.2, 0.25) is 9.84 Å². The average molecular weight is 304 g/mol. The van der Waals surface area contributed by atoms with Gasteiger partial charge in [0.1, 0.15) is 5.01 Å². The molecular formula is C11H10F2N2O2S2. The molecule has 0 amide bonds. The van der Waals surface area contributed by atoms with Crippen LogP contribution in [0.25, 0.3) is 0 Å². The van der Waals surface area contributed by atoms with Crippen LogP contribution >= 0.6 is 11.3 Å². The Kier molecular flexibility index (Phi) is 4.11. The molecule has 1 aromatic heterocycles. The van der Waals surface area contributed by atoms with Crippen LogP contribution in [0.1, 0.15) is 5.01 Å². The Morgan fingerprint density at radius 3 is 2.68 bits per heavy atom. The largest absolute Gasteiger partial charge is 0.377 e. The van der Waals surface area contributed by atoms with Gasteiger partial charge in [0, 0.05) is 11.6 Å². The lowest BCUT2D eigenvalue weighted by Gasteiger charge is -2.11. The molecule has 1 aromatic carbocycles. The van der Waals surface area contributed by atoms with Crippen molar-refractivity contribution in [1.82, 2.24) is 4.98 Å². The Morgan fingerprint density at radius 2 is 2.05 bits per heavy atom. The molecule has 19 heavy (non-hydrogen) atoms. The van der Waals surface area contributed by atoms with E-state index in [1.54, 1.807) is 17.6 Å². The Morgan fingerprint density at radius 1 is 1.32 bits per heavy atom. The summed E-state index contributed by atoms with van der Waals surface area (Å²) < 4.78 is 48.2. The van der Waals surface area contributed by atoms with Crippen LogP contribution in [0.5, 0.6) is 0 Å². The number of hydrogen-bond donors (Lipinski definition) is 1. The summed E-state index contributed by atoms with van der Waals surface area (Å²) in [5, 5.41) is 5.33. The van der Waals surface area contributed by atoms with Crippen LogP contribution in [0.3, 0.4) is 0 Å². The van der Waals surface area contributed by atoms with Crippen molar-refractivity contribution >= 4 is 26.9 Å². The lowest BCUT2D eigenvalue weighted by Crippen LogP contribution is -2.14. The van der Waals surface area contributed by atoms with E-state index in [1.165, 1.54) is 23.5 Å². The SMILES string of the molecule is O=S(=O)(c1ccccc1NCc1nccs1)C(F)F. The quantitative estimate of drug-likeness (QED) is 0.922. The van der Waals surface area contributed by atoms with Gasteiger partial charge in [0.25, 0.3) is 0 Å². The summed E-state index contributed by atoms with van der Waals surface area (Å²) in [4.78, 5) is 3.62. The summed E-state index contributed by atoms with van der Waals surface area (Å²) >= 11 is 1.39. The number of benzene rings is 1. The minimum absolute atomic E-state index is 0.151. The first-order valence-electron chi connectivity index (χ1n) is 5.25. The van der Waals surface area contributed by atoms with E-state index in [1.807, 2.05) is 0 Å². The van der Waals surface area contributed by atoms with Crippen molar-refractivity contribution in [3.8, 4) is 0 Å². The fraction of sp³-hybridized carbons (Fsp3) is 0.182. The zero-order chi connectivity index (χ0) is 13.9. The van der Waals surface area contributed by atoms with E-state index < -0.39 is 20.5 Å². The number of halogens is 2. The van der Waals surface area contributed by atoms with Gasteiger partial charge in [0.15, 0.2) is 0 Å². The van der Waals surface area contributed by atoms with Gasteiger partial charge in [-0.25, -0.2) is 13.4 Å². The first-order valence-corrected chi connectivity index (χ1v) is 7.67. The lowest BCUT2D eigenvalue weighted by molar-refractivity contribution is 0.235. The Balaban J connectivity index is 2.27. The summed E-state index contributed by atoms with van der Waals surface area (Å²) in [6, 6.07) is 5.59. The van der Waals surface area contributed by atoms with Gasteiger partial charge in [-0.05, 0) is 12.1 Å². The maximum atomic E-state index is 12.6. The van der Waals surface area contributed by atoms with Gasteiger partial charge in [-0.15, -0.1) is 11.3 Å². The van der Waals surface area contributed by atoms with Crippen LogP contribution in [0, 0.1) is 0 Å². The first kappa shape index (κ1) is 13.9. The van der Waals surface area contributed by atoms with Crippen molar-refractivity contribution in [3.63, 3.8) is 0 Å². The Labute approximate surface area is 113 Å². The van der Waals surface area contributed by atoms with Crippen molar-refractivity contribution < 1.29 is 17.2 Å². The Bertz CT molecular complexity index is 642. The molecule has 2 aromatic rings. The smallest absolute Gasteiger partial charge is 0.341 e. The van der Waals surface area contributed by atoms with Crippen LogP contribution in [0.15, 0.2) is 40.7 Å². The minimum atomic E-state index is -4.61. The van der Waals surface area contributed by atoms with E-state index in [0.717, 1.165) is 11.1 Å². The molecule has 2 rings (SSSR count). The number of para-hydroxylation sites is 1. The molecule has 0 bridgehead atoms. The summed E-state index contributed by atoms with van der Waals surface area (Å²) in [5.74, 6) is -3.43. The molecule has 4 nitrogen and oxygen atoms in total. The number of thiazole rings is 1. The number of anilines is 1. The van der Waals surface area contributed by atoms with E-state index in [2.05, 4.69) is 10.3 Å². The van der Waals surface area contributed by atoms with Crippen molar-refractivity contribution in [2.24, 2.45) is 0 Å². The summed E-state index contributed by atoms with van der Waals surface area (Å²) in [6.07, 6.45) is 1.61. The molecule has 0 atom stereocenters. The van der Waals surface area contributed by atoms with E-state index in [0.29, 0.717) is 0 Å². The molecule has 0 fully saturated rings. The number of nitrogens with zero attached hydrogens (tertiary/aromatic N) is 1. The van der Waals surface area contributed by atoms with E-state index in [-0.39, 0.29) is 12.2 Å². The van der Waals surface area contributed by atoms with Crippen LogP contribution in [-0.2, 0) is 16.4 Å². The number of aromatic nitrogens is 1. The molecule has 0 saturated carbocycles. The molecule has 1 N–H and O–H groups in total. The third kappa shape index (κ3) is 3.07. The van der Waals surface area contributed by atoms with Gasteiger partial charge in [-0.1, -0.05) is 12.1 Å². The van der Waals surface area contributed by atoms with Crippen molar-refractivity contribution in [1.29, 1.82) is 0 Å². The number of alkyl halides is 2. The fourth-order valence-corrected chi connectivity index (χ4v) is 2.93. The predicted molar refractivity (Wildman–Crippen MR) is 69.1 cm³/mol. The third-order valence-corrected chi connectivity index (χ3v) is 4.56. The number of nitrogens with one attached hydrogen (secondary N) is 1. The van der Waals surface area contributed by atoms with Gasteiger partial charge in [-0.2, -0.15) is 8.78 Å². The van der Waals surface area contributed by atoms with Crippen molar-refractivity contribution in [2.75, 3.05) is 5.32 Å². The van der Waals surface area contributed by atoms with Crippen LogP contribution in [0.4, 0.5) is 14.5 Å². The molecule has 102 valence electrons. The summed E-state index contributed by atoms with van der Waals surface area (Å²) in [6.45, 7) is 0.285. The molecule has 0 aliphatic rings. The predicted octanol–water partition coefficient (Wildman–Crippen LogP) is 2.75. The molecule has 0 aliphatic carbocycles. The van der Waals surface area contributed by atoms with Gasteiger partial charge < -0.3 is 5.32 Å². The maximum absolute atomic E-state index is 12.6. The number of rotatable bonds is 5. The normalized spacial score (nSPS) is 11.7. The zero-order valence-electron chi connectivity index (χ0n) is 9.58. The average Bonchev–Trinajstić information content (AvgIpc) is 2.89. The van der Waals surface area contributed by atoms with Gasteiger partial charge >= 0.3 is 5.76 Å². The third-order valence-electron chi connectivity index (χ3n) is 2.34. The number of hydrogen-bond acceptors (Lipinski definition) is 5. The first-order chi connectivity index (χ1) is 9.01. The Hall–Kier alpha value is -1.54. The topological polar surface area (TPSA) is 59.1 Å². The second-order valence-corrected chi connectivity index (χ2v) is 6.45. The molecule has 0 saturated heterocycles. The molecular weight excluding hydrogens is 294 g/mol. The molecule has 1 heterocycles. The van der Waals surface area contributed by atoms with Crippen LogP contribution < -0.4 is 5.32 Å². The van der Waals surface area contributed by atoms with E-state index in [4.69, 9.17) is 0 Å². The van der Waals surface area contributed by atoms with E-state index >= 15 is 0 Å². The molecule has 0 aliphatic heterocycles.